The second kappa shape index (κ2) is 8.98. The zero-order valence-electron chi connectivity index (χ0n) is 15.6. The predicted molar refractivity (Wildman–Crippen MR) is 98.0 cm³/mol. The molecule has 136 valence electrons. The molecule has 0 bridgehead atoms. The molecule has 1 fully saturated rings. The van der Waals surface area contributed by atoms with Gasteiger partial charge in [0.1, 0.15) is 5.60 Å². The van der Waals surface area contributed by atoms with Crippen LogP contribution in [0.3, 0.4) is 0 Å². The predicted octanol–water partition coefficient (Wildman–Crippen LogP) is 2.80. The van der Waals surface area contributed by atoms with Crippen LogP contribution in [-0.4, -0.2) is 54.1 Å². The van der Waals surface area contributed by atoms with Gasteiger partial charge >= 0.3 is 0 Å². The number of hydrogen-bond donors (Lipinski definition) is 0. The molecular weight excluding hydrogens is 314 g/mol. The smallest absolute Gasteiger partial charge is 0.254 e. The summed E-state index contributed by atoms with van der Waals surface area (Å²) in [5.74, 6) is 0.0792. The van der Waals surface area contributed by atoms with Gasteiger partial charge in [-0.1, -0.05) is 12.1 Å². The number of carbonyl (C=O) groups excluding carboxylic acids is 1. The lowest BCUT2D eigenvalue weighted by Gasteiger charge is -2.31. The summed E-state index contributed by atoms with van der Waals surface area (Å²) >= 11 is 0. The van der Waals surface area contributed by atoms with Crippen LogP contribution in [0.15, 0.2) is 24.3 Å². The molecule has 0 atom stereocenters. The fourth-order valence-electron chi connectivity index (χ4n) is 3.13. The van der Waals surface area contributed by atoms with Crippen molar-refractivity contribution in [1.29, 1.82) is 5.26 Å². The monoisotopic (exact) mass is 343 g/mol. The lowest BCUT2D eigenvalue weighted by Crippen LogP contribution is -2.47. The first-order valence-electron chi connectivity index (χ1n) is 9.11. The second-order valence-electron chi connectivity index (χ2n) is 7.04. The molecule has 2 rings (SSSR count). The first kappa shape index (κ1) is 19.4. The molecule has 0 aromatic heterocycles. The van der Waals surface area contributed by atoms with Crippen molar-refractivity contribution in [2.45, 2.75) is 45.8 Å². The molecule has 0 spiro atoms. The van der Waals surface area contributed by atoms with Gasteiger partial charge in [0.05, 0.1) is 18.2 Å². The maximum absolute atomic E-state index is 12.6. The standard InChI is InChI=1S/C20H29N3O2/c1-4-23-12-6-5-11-22(13-14-25-20(2,3)19(23)24)16-18-9-7-17(15-21)8-10-18/h7-10H,4-6,11-14,16H2,1-3H3. The summed E-state index contributed by atoms with van der Waals surface area (Å²) < 4.78 is 5.93. The van der Waals surface area contributed by atoms with E-state index in [-0.39, 0.29) is 5.91 Å². The number of nitrogens with zero attached hydrogens (tertiary/aromatic N) is 3. The highest BCUT2D eigenvalue weighted by molar-refractivity contribution is 5.84. The molecule has 1 heterocycles. The summed E-state index contributed by atoms with van der Waals surface area (Å²) in [6.45, 7) is 10.4. The third-order valence-electron chi connectivity index (χ3n) is 4.70. The highest BCUT2D eigenvalue weighted by Crippen LogP contribution is 2.16. The van der Waals surface area contributed by atoms with Crippen molar-refractivity contribution < 1.29 is 9.53 Å². The maximum Gasteiger partial charge on any atom is 0.254 e. The first-order valence-corrected chi connectivity index (χ1v) is 9.11. The Morgan fingerprint density at radius 3 is 2.48 bits per heavy atom. The summed E-state index contributed by atoms with van der Waals surface area (Å²) in [6.07, 6.45) is 2.06. The molecular formula is C20H29N3O2. The van der Waals surface area contributed by atoms with Gasteiger partial charge in [-0.2, -0.15) is 5.26 Å². The van der Waals surface area contributed by atoms with Gasteiger partial charge in [-0.15, -0.1) is 0 Å². The van der Waals surface area contributed by atoms with Crippen LogP contribution >= 0.6 is 0 Å². The number of ether oxygens (including phenoxy) is 1. The van der Waals surface area contributed by atoms with E-state index in [1.165, 1.54) is 5.56 Å². The molecule has 25 heavy (non-hydrogen) atoms. The normalized spacial score (nSPS) is 19.9. The number of benzene rings is 1. The highest BCUT2D eigenvalue weighted by Gasteiger charge is 2.32. The maximum atomic E-state index is 12.6. The summed E-state index contributed by atoms with van der Waals surface area (Å²) in [6, 6.07) is 9.89. The van der Waals surface area contributed by atoms with Crippen molar-refractivity contribution >= 4 is 5.91 Å². The number of amides is 1. The van der Waals surface area contributed by atoms with Gasteiger partial charge in [-0.05, 0) is 57.9 Å². The Kier molecular flexibility index (Phi) is 6.98. The molecule has 1 saturated heterocycles. The zero-order valence-corrected chi connectivity index (χ0v) is 15.6. The van der Waals surface area contributed by atoms with Gasteiger partial charge in [-0.3, -0.25) is 9.69 Å². The number of hydrogen-bond acceptors (Lipinski definition) is 4. The Hall–Kier alpha value is -1.90. The Bertz CT molecular complexity index is 604. The Morgan fingerprint density at radius 2 is 1.84 bits per heavy atom. The van der Waals surface area contributed by atoms with Gasteiger partial charge < -0.3 is 9.64 Å². The van der Waals surface area contributed by atoms with E-state index in [4.69, 9.17) is 10.00 Å². The average molecular weight is 343 g/mol. The van der Waals surface area contributed by atoms with Crippen molar-refractivity contribution in [3.8, 4) is 6.07 Å². The van der Waals surface area contributed by atoms with Crippen molar-refractivity contribution in [1.82, 2.24) is 9.80 Å². The van der Waals surface area contributed by atoms with E-state index < -0.39 is 5.60 Å². The molecule has 1 aliphatic rings. The van der Waals surface area contributed by atoms with Crippen LogP contribution in [0.1, 0.15) is 44.7 Å². The van der Waals surface area contributed by atoms with Crippen LogP contribution in [0.25, 0.3) is 0 Å². The van der Waals surface area contributed by atoms with E-state index in [0.717, 1.165) is 45.6 Å². The van der Waals surface area contributed by atoms with E-state index in [0.29, 0.717) is 12.2 Å². The Morgan fingerprint density at radius 1 is 1.16 bits per heavy atom. The summed E-state index contributed by atoms with van der Waals surface area (Å²) in [5, 5.41) is 8.91. The number of likely N-dealkylation sites (N-methyl/N-ethyl adjacent to an activating group) is 1. The number of nitriles is 1. The van der Waals surface area contributed by atoms with E-state index in [9.17, 15) is 4.79 Å². The van der Waals surface area contributed by atoms with Crippen LogP contribution in [-0.2, 0) is 16.1 Å². The summed E-state index contributed by atoms with van der Waals surface area (Å²) in [7, 11) is 0. The van der Waals surface area contributed by atoms with Gasteiger partial charge in [0.25, 0.3) is 5.91 Å². The first-order chi connectivity index (χ1) is 12.0. The highest BCUT2D eigenvalue weighted by atomic mass is 16.5. The fraction of sp³-hybridized carbons (Fsp3) is 0.600. The summed E-state index contributed by atoms with van der Waals surface area (Å²) in [5.41, 5.74) is 1.10. The molecule has 1 aromatic rings. The van der Waals surface area contributed by atoms with Crippen molar-refractivity contribution in [2.75, 3.05) is 32.8 Å². The largest absolute Gasteiger partial charge is 0.364 e. The van der Waals surface area contributed by atoms with Gasteiger partial charge in [0.15, 0.2) is 0 Å². The van der Waals surface area contributed by atoms with E-state index in [1.54, 1.807) is 0 Å². The number of carbonyl (C=O) groups is 1. The van der Waals surface area contributed by atoms with Crippen LogP contribution in [0.2, 0.25) is 0 Å². The molecule has 5 heteroatoms. The summed E-state index contributed by atoms with van der Waals surface area (Å²) in [4.78, 5) is 16.9. The third kappa shape index (κ3) is 5.55. The second-order valence-corrected chi connectivity index (χ2v) is 7.04. The molecule has 0 unspecified atom stereocenters. The topological polar surface area (TPSA) is 56.6 Å². The molecule has 1 aliphatic heterocycles. The minimum absolute atomic E-state index is 0.0792. The molecule has 1 aromatic carbocycles. The van der Waals surface area contributed by atoms with Crippen LogP contribution in [0.4, 0.5) is 0 Å². The van der Waals surface area contributed by atoms with Gasteiger partial charge in [-0.25, -0.2) is 0 Å². The van der Waals surface area contributed by atoms with E-state index >= 15 is 0 Å². The molecule has 5 nitrogen and oxygen atoms in total. The molecule has 0 saturated carbocycles. The van der Waals surface area contributed by atoms with Crippen molar-refractivity contribution in [3.05, 3.63) is 35.4 Å². The molecule has 1 amide bonds. The fourth-order valence-corrected chi connectivity index (χ4v) is 3.13. The quantitative estimate of drug-likeness (QED) is 0.847. The average Bonchev–Trinajstić information content (AvgIpc) is 2.63. The minimum Gasteiger partial charge on any atom is -0.364 e. The Balaban J connectivity index is 2.02. The third-order valence-corrected chi connectivity index (χ3v) is 4.70. The van der Waals surface area contributed by atoms with Gasteiger partial charge in [0, 0.05) is 26.2 Å². The molecule has 0 aliphatic carbocycles. The van der Waals surface area contributed by atoms with E-state index in [2.05, 4.69) is 11.0 Å². The van der Waals surface area contributed by atoms with Crippen LogP contribution in [0.5, 0.6) is 0 Å². The molecule has 0 radical (unpaired) electrons. The van der Waals surface area contributed by atoms with Crippen LogP contribution in [0, 0.1) is 11.3 Å². The lowest BCUT2D eigenvalue weighted by molar-refractivity contribution is -0.154. The number of rotatable bonds is 3. The lowest BCUT2D eigenvalue weighted by atomic mass is 10.1. The molecule has 0 N–H and O–H groups in total. The minimum atomic E-state index is -0.777. The Labute approximate surface area is 151 Å². The van der Waals surface area contributed by atoms with Gasteiger partial charge in [0.2, 0.25) is 0 Å². The van der Waals surface area contributed by atoms with Crippen molar-refractivity contribution in [2.24, 2.45) is 0 Å². The van der Waals surface area contributed by atoms with Crippen LogP contribution < -0.4 is 0 Å². The van der Waals surface area contributed by atoms with E-state index in [1.807, 2.05) is 49.9 Å². The SMILES string of the molecule is CCN1CCCCN(Cc2ccc(C#N)cc2)CCOC(C)(C)C1=O. The van der Waals surface area contributed by atoms with Crippen molar-refractivity contribution in [3.63, 3.8) is 0 Å². The zero-order chi connectivity index (χ0) is 18.3.